The summed E-state index contributed by atoms with van der Waals surface area (Å²) in [5.74, 6) is 1.13. The zero-order chi connectivity index (χ0) is 12.0. The molecule has 0 unspecified atom stereocenters. The van der Waals surface area contributed by atoms with Gasteiger partial charge in [0.15, 0.2) is 0 Å². The number of carbonyl (C=O) groups excluding carboxylic acids is 1. The van der Waals surface area contributed by atoms with Crippen LogP contribution in [0.25, 0.3) is 0 Å². The van der Waals surface area contributed by atoms with Gasteiger partial charge in [0.05, 0.1) is 6.54 Å². The third-order valence-corrected chi connectivity index (χ3v) is 2.62. The van der Waals surface area contributed by atoms with Gasteiger partial charge < -0.3 is 10.6 Å². The molecule has 1 amide bonds. The highest BCUT2D eigenvalue weighted by Crippen LogP contribution is 2.16. The molecule has 1 aromatic heterocycles. The summed E-state index contributed by atoms with van der Waals surface area (Å²) in [5.41, 5.74) is 0. The highest BCUT2D eigenvalue weighted by molar-refractivity contribution is 7.09. The van der Waals surface area contributed by atoms with E-state index in [4.69, 9.17) is 0 Å². The molecule has 0 saturated carbocycles. The first-order chi connectivity index (χ1) is 7.63. The zero-order valence-electron chi connectivity index (χ0n) is 9.91. The van der Waals surface area contributed by atoms with Crippen molar-refractivity contribution in [2.45, 2.75) is 33.1 Å². The second-order valence-electron chi connectivity index (χ2n) is 3.82. The van der Waals surface area contributed by atoms with Crippen molar-refractivity contribution in [1.29, 1.82) is 0 Å². The van der Waals surface area contributed by atoms with Crippen molar-refractivity contribution in [2.24, 2.45) is 0 Å². The second-order valence-corrected chi connectivity index (χ2v) is 4.57. The van der Waals surface area contributed by atoms with Crippen molar-refractivity contribution in [2.75, 3.05) is 18.4 Å². The summed E-state index contributed by atoms with van der Waals surface area (Å²) < 4.78 is 4.19. The Labute approximate surface area is 99.8 Å². The number of carbonyl (C=O) groups is 1. The number of aromatic nitrogens is 2. The lowest BCUT2D eigenvalue weighted by Gasteiger charge is -2.03. The van der Waals surface area contributed by atoms with Gasteiger partial charge in [-0.25, -0.2) is 4.98 Å². The maximum atomic E-state index is 11.3. The van der Waals surface area contributed by atoms with Crippen LogP contribution in [0.4, 0.5) is 5.13 Å². The Morgan fingerprint density at radius 1 is 1.50 bits per heavy atom. The molecule has 1 rings (SSSR count). The van der Waals surface area contributed by atoms with Crippen LogP contribution < -0.4 is 10.6 Å². The fourth-order valence-corrected chi connectivity index (χ4v) is 1.73. The van der Waals surface area contributed by atoms with E-state index in [9.17, 15) is 4.79 Å². The van der Waals surface area contributed by atoms with E-state index in [-0.39, 0.29) is 12.5 Å². The maximum Gasteiger partial charge on any atom is 0.239 e. The van der Waals surface area contributed by atoms with Crippen molar-refractivity contribution in [3.63, 3.8) is 0 Å². The Balaban J connectivity index is 2.33. The van der Waals surface area contributed by atoms with Crippen LogP contribution in [0, 0.1) is 0 Å². The third kappa shape index (κ3) is 4.14. The summed E-state index contributed by atoms with van der Waals surface area (Å²) in [7, 11) is 0. The van der Waals surface area contributed by atoms with Crippen LogP contribution in [0.1, 0.15) is 38.9 Å². The van der Waals surface area contributed by atoms with Gasteiger partial charge in [0.1, 0.15) is 5.82 Å². The fourth-order valence-electron chi connectivity index (χ4n) is 1.02. The number of hydrogen-bond donors (Lipinski definition) is 2. The fraction of sp³-hybridized carbons (Fsp3) is 0.700. The third-order valence-electron chi connectivity index (χ3n) is 1.93. The molecule has 0 saturated heterocycles. The standard InChI is InChI=1S/C10H18N4OS/c1-4-5-11-8(15)6-12-10-13-9(7(2)3)14-16-10/h7H,4-6H2,1-3H3,(H,11,15)(H,12,13,14). The molecule has 0 bridgehead atoms. The van der Waals surface area contributed by atoms with E-state index < -0.39 is 0 Å². The average molecular weight is 242 g/mol. The SMILES string of the molecule is CCCNC(=O)CNc1nc(C(C)C)ns1. The van der Waals surface area contributed by atoms with E-state index in [0.29, 0.717) is 17.6 Å². The summed E-state index contributed by atoms with van der Waals surface area (Å²) in [6.07, 6.45) is 0.946. The smallest absolute Gasteiger partial charge is 0.239 e. The van der Waals surface area contributed by atoms with Crippen molar-refractivity contribution in [1.82, 2.24) is 14.7 Å². The molecule has 0 aromatic carbocycles. The van der Waals surface area contributed by atoms with E-state index >= 15 is 0 Å². The molecule has 0 fully saturated rings. The maximum absolute atomic E-state index is 11.3. The van der Waals surface area contributed by atoms with Gasteiger partial charge in [-0.15, -0.1) is 0 Å². The molecule has 0 aliphatic heterocycles. The number of nitrogens with one attached hydrogen (secondary N) is 2. The summed E-state index contributed by atoms with van der Waals surface area (Å²) in [6.45, 7) is 7.08. The summed E-state index contributed by atoms with van der Waals surface area (Å²) in [5, 5.41) is 6.45. The highest BCUT2D eigenvalue weighted by atomic mass is 32.1. The van der Waals surface area contributed by atoms with Gasteiger partial charge >= 0.3 is 0 Å². The van der Waals surface area contributed by atoms with Crippen LogP contribution in [0.15, 0.2) is 0 Å². The van der Waals surface area contributed by atoms with E-state index in [1.54, 1.807) is 0 Å². The number of rotatable bonds is 6. The molecule has 0 atom stereocenters. The van der Waals surface area contributed by atoms with Gasteiger partial charge in [0.25, 0.3) is 0 Å². The lowest BCUT2D eigenvalue weighted by Crippen LogP contribution is -2.30. The van der Waals surface area contributed by atoms with Crippen molar-refractivity contribution >= 4 is 22.6 Å². The quantitative estimate of drug-likeness (QED) is 0.795. The van der Waals surface area contributed by atoms with Crippen LogP contribution >= 0.6 is 11.5 Å². The lowest BCUT2D eigenvalue weighted by molar-refractivity contribution is -0.119. The first-order valence-corrected chi connectivity index (χ1v) is 6.25. The van der Waals surface area contributed by atoms with Crippen molar-refractivity contribution < 1.29 is 4.79 Å². The van der Waals surface area contributed by atoms with E-state index in [2.05, 4.69) is 20.0 Å². The van der Waals surface area contributed by atoms with Crippen molar-refractivity contribution in [3.8, 4) is 0 Å². The summed E-state index contributed by atoms with van der Waals surface area (Å²) >= 11 is 1.29. The van der Waals surface area contributed by atoms with Gasteiger partial charge in [-0.2, -0.15) is 4.37 Å². The van der Waals surface area contributed by atoms with Crippen LogP contribution in [0.3, 0.4) is 0 Å². The Hall–Kier alpha value is -1.17. The van der Waals surface area contributed by atoms with Crippen LogP contribution in [0.5, 0.6) is 0 Å². The van der Waals surface area contributed by atoms with Crippen LogP contribution in [-0.4, -0.2) is 28.4 Å². The van der Waals surface area contributed by atoms with E-state index in [0.717, 1.165) is 12.2 Å². The average Bonchev–Trinajstić information content (AvgIpc) is 2.72. The Kier molecular flexibility index (Phi) is 5.18. The molecule has 16 heavy (non-hydrogen) atoms. The Bertz CT molecular complexity index is 337. The number of amides is 1. The molecule has 5 nitrogen and oxygen atoms in total. The van der Waals surface area contributed by atoms with Gasteiger partial charge in [0, 0.05) is 24.0 Å². The molecule has 1 aromatic rings. The normalized spacial score (nSPS) is 10.5. The number of hydrogen-bond acceptors (Lipinski definition) is 5. The molecule has 6 heteroatoms. The lowest BCUT2D eigenvalue weighted by atomic mass is 10.2. The summed E-state index contributed by atoms with van der Waals surface area (Å²) in [4.78, 5) is 15.6. The number of anilines is 1. The molecule has 1 heterocycles. The monoisotopic (exact) mass is 242 g/mol. The van der Waals surface area contributed by atoms with Gasteiger partial charge in [-0.05, 0) is 6.42 Å². The molecule has 0 radical (unpaired) electrons. The minimum atomic E-state index is -0.0110. The molecule has 2 N–H and O–H groups in total. The van der Waals surface area contributed by atoms with Crippen LogP contribution in [-0.2, 0) is 4.79 Å². The first-order valence-electron chi connectivity index (χ1n) is 5.47. The first kappa shape index (κ1) is 12.9. The molecular weight excluding hydrogens is 224 g/mol. The molecule has 90 valence electrons. The van der Waals surface area contributed by atoms with Crippen LogP contribution in [0.2, 0.25) is 0 Å². The molecule has 0 aliphatic carbocycles. The molecule has 0 spiro atoms. The van der Waals surface area contributed by atoms with Gasteiger partial charge in [-0.3, -0.25) is 4.79 Å². The van der Waals surface area contributed by atoms with Crippen molar-refractivity contribution in [3.05, 3.63) is 5.82 Å². The highest BCUT2D eigenvalue weighted by Gasteiger charge is 2.08. The van der Waals surface area contributed by atoms with E-state index in [1.807, 2.05) is 20.8 Å². The second kappa shape index (κ2) is 6.42. The van der Waals surface area contributed by atoms with Gasteiger partial charge in [0.2, 0.25) is 11.0 Å². The van der Waals surface area contributed by atoms with Gasteiger partial charge in [-0.1, -0.05) is 20.8 Å². The predicted molar refractivity (Wildman–Crippen MR) is 65.8 cm³/mol. The summed E-state index contributed by atoms with van der Waals surface area (Å²) in [6, 6.07) is 0. The van der Waals surface area contributed by atoms with E-state index in [1.165, 1.54) is 11.5 Å². The Morgan fingerprint density at radius 3 is 2.81 bits per heavy atom. The Morgan fingerprint density at radius 2 is 2.25 bits per heavy atom. The predicted octanol–water partition coefficient (Wildman–Crippen LogP) is 1.60. The topological polar surface area (TPSA) is 66.9 Å². The zero-order valence-corrected chi connectivity index (χ0v) is 10.7. The largest absolute Gasteiger partial charge is 0.355 e. The minimum absolute atomic E-state index is 0.0110. The molecular formula is C10H18N4OS. The molecule has 0 aliphatic rings. The minimum Gasteiger partial charge on any atom is -0.355 e. The number of nitrogens with zero attached hydrogens (tertiary/aromatic N) is 2.